The molecule has 0 aromatic heterocycles. The summed E-state index contributed by atoms with van der Waals surface area (Å²) < 4.78 is 31.4. The molecule has 2 rings (SSSR count). The fraction of sp³-hybridized carbons (Fsp3) is 0.211. The highest BCUT2D eigenvalue weighted by Crippen LogP contribution is 2.14. The fourth-order valence-electron chi connectivity index (χ4n) is 2.23. The summed E-state index contributed by atoms with van der Waals surface area (Å²) in [6, 6.07) is 10.8. The molecule has 6 heteroatoms. The predicted molar refractivity (Wildman–Crippen MR) is 93.5 cm³/mol. The quantitative estimate of drug-likeness (QED) is 0.743. The van der Waals surface area contributed by atoms with Crippen molar-refractivity contribution in [2.45, 2.75) is 6.54 Å². The molecule has 2 aromatic carbocycles. The number of rotatable bonds is 8. The Bertz CT molecular complexity index is 733. The maximum Gasteiger partial charge on any atom is 0.238 e. The number of nitrogens with one attached hydrogen (secondary N) is 1. The van der Waals surface area contributed by atoms with E-state index in [1.54, 1.807) is 13.1 Å². The summed E-state index contributed by atoms with van der Waals surface area (Å²) in [7, 11) is 1.80. The van der Waals surface area contributed by atoms with Gasteiger partial charge in [0.25, 0.3) is 0 Å². The van der Waals surface area contributed by atoms with Crippen LogP contribution in [0.25, 0.3) is 0 Å². The highest BCUT2D eigenvalue weighted by atomic mass is 19.2. The molecule has 0 saturated heterocycles. The number of carbonyl (C=O) groups excluding carboxylic acids is 1. The fourth-order valence-corrected chi connectivity index (χ4v) is 2.23. The van der Waals surface area contributed by atoms with Gasteiger partial charge >= 0.3 is 0 Å². The van der Waals surface area contributed by atoms with E-state index in [1.807, 2.05) is 29.2 Å². The molecule has 0 saturated carbocycles. The number of hydrogen-bond acceptors (Lipinski definition) is 3. The first-order valence-electron chi connectivity index (χ1n) is 7.74. The van der Waals surface area contributed by atoms with Gasteiger partial charge in [0.2, 0.25) is 5.91 Å². The maximum absolute atomic E-state index is 13.1. The number of halogens is 2. The van der Waals surface area contributed by atoms with Crippen molar-refractivity contribution in [2.24, 2.45) is 0 Å². The molecule has 1 amide bonds. The van der Waals surface area contributed by atoms with Gasteiger partial charge in [-0.25, -0.2) is 8.78 Å². The lowest BCUT2D eigenvalue weighted by atomic mass is 10.2. The molecule has 132 valence electrons. The topological polar surface area (TPSA) is 41.6 Å². The molecular formula is C19H20F2N2O2. The summed E-state index contributed by atoms with van der Waals surface area (Å²) in [5, 5.41) is 2.54. The largest absolute Gasteiger partial charge is 0.490 e. The average molecular weight is 346 g/mol. The Kier molecular flexibility index (Phi) is 6.65. The molecule has 0 aliphatic carbocycles. The van der Waals surface area contributed by atoms with Crippen molar-refractivity contribution < 1.29 is 18.3 Å². The van der Waals surface area contributed by atoms with Gasteiger partial charge in [-0.2, -0.15) is 0 Å². The Labute approximate surface area is 145 Å². The zero-order valence-corrected chi connectivity index (χ0v) is 14.0. The first kappa shape index (κ1) is 18.6. The molecule has 0 atom stereocenters. The maximum atomic E-state index is 13.1. The number of ether oxygens (including phenoxy) is 1. The van der Waals surface area contributed by atoms with Gasteiger partial charge in [0.15, 0.2) is 11.6 Å². The van der Waals surface area contributed by atoms with Crippen LogP contribution in [0.4, 0.5) is 14.5 Å². The van der Waals surface area contributed by atoms with Crippen LogP contribution in [0.15, 0.2) is 55.1 Å². The number of hydrogen-bond donors (Lipinski definition) is 1. The lowest BCUT2D eigenvalue weighted by molar-refractivity contribution is -0.117. The lowest BCUT2D eigenvalue weighted by Crippen LogP contribution is -2.29. The summed E-state index contributed by atoms with van der Waals surface area (Å²) >= 11 is 0. The standard InChI is InChI=1S/C19H20F2N2O2/c1-3-10-25-16-7-4-14(5-8-16)12-23(2)13-19(24)22-15-6-9-17(20)18(21)11-15/h3-9,11H,1,10,12-13H2,2H3,(H,22,24). The normalized spacial score (nSPS) is 10.6. The Balaban J connectivity index is 1.84. The SMILES string of the molecule is C=CCOc1ccc(CN(C)CC(=O)Nc2ccc(F)c(F)c2)cc1. The van der Waals surface area contributed by atoms with Crippen LogP contribution < -0.4 is 10.1 Å². The molecule has 0 spiro atoms. The van der Waals surface area contributed by atoms with Crippen LogP contribution in [0, 0.1) is 11.6 Å². The van der Waals surface area contributed by atoms with Gasteiger partial charge in [-0.3, -0.25) is 9.69 Å². The minimum absolute atomic E-state index is 0.119. The minimum Gasteiger partial charge on any atom is -0.490 e. The van der Waals surface area contributed by atoms with E-state index in [-0.39, 0.29) is 18.1 Å². The molecule has 0 aliphatic heterocycles. The van der Waals surface area contributed by atoms with Gasteiger partial charge in [-0.05, 0) is 36.9 Å². The van der Waals surface area contributed by atoms with Crippen molar-refractivity contribution in [3.63, 3.8) is 0 Å². The lowest BCUT2D eigenvalue weighted by Gasteiger charge is -2.16. The number of benzene rings is 2. The Morgan fingerprint density at radius 2 is 1.92 bits per heavy atom. The van der Waals surface area contributed by atoms with Crippen molar-refractivity contribution in [3.05, 3.63) is 72.3 Å². The summed E-state index contributed by atoms with van der Waals surface area (Å²) in [6.45, 7) is 4.72. The van der Waals surface area contributed by atoms with Crippen molar-refractivity contribution in [1.82, 2.24) is 4.90 Å². The molecule has 0 fully saturated rings. The van der Waals surface area contributed by atoms with Crippen LogP contribution in [0.5, 0.6) is 5.75 Å². The van der Waals surface area contributed by atoms with Gasteiger partial charge in [-0.1, -0.05) is 24.8 Å². The highest BCUT2D eigenvalue weighted by Gasteiger charge is 2.09. The van der Waals surface area contributed by atoms with E-state index in [0.717, 1.165) is 23.4 Å². The van der Waals surface area contributed by atoms with Crippen LogP contribution >= 0.6 is 0 Å². The minimum atomic E-state index is -0.995. The van der Waals surface area contributed by atoms with Gasteiger partial charge < -0.3 is 10.1 Å². The zero-order valence-electron chi connectivity index (χ0n) is 14.0. The van der Waals surface area contributed by atoms with Crippen molar-refractivity contribution in [2.75, 3.05) is 25.5 Å². The van der Waals surface area contributed by atoms with Crippen LogP contribution in [-0.2, 0) is 11.3 Å². The molecule has 2 aromatic rings. The third kappa shape index (κ3) is 6.00. The Morgan fingerprint density at radius 1 is 1.20 bits per heavy atom. The molecule has 4 nitrogen and oxygen atoms in total. The molecule has 0 bridgehead atoms. The molecule has 0 unspecified atom stereocenters. The van der Waals surface area contributed by atoms with Crippen molar-refractivity contribution in [3.8, 4) is 5.75 Å². The molecular weight excluding hydrogens is 326 g/mol. The first-order valence-corrected chi connectivity index (χ1v) is 7.74. The van der Waals surface area contributed by atoms with E-state index in [2.05, 4.69) is 11.9 Å². The van der Waals surface area contributed by atoms with Gasteiger partial charge in [-0.15, -0.1) is 0 Å². The van der Waals surface area contributed by atoms with E-state index >= 15 is 0 Å². The number of carbonyl (C=O) groups is 1. The molecule has 25 heavy (non-hydrogen) atoms. The van der Waals surface area contributed by atoms with Crippen LogP contribution in [-0.4, -0.2) is 31.0 Å². The zero-order chi connectivity index (χ0) is 18.2. The monoisotopic (exact) mass is 346 g/mol. The summed E-state index contributed by atoms with van der Waals surface area (Å²) in [4.78, 5) is 13.8. The second kappa shape index (κ2) is 8.94. The third-order valence-electron chi connectivity index (χ3n) is 3.36. The van der Waals surface area contributed by atoms with Crippen molar-refractivity contribution >= 4 is 11.6 Å². The highest BCUT2D eigenvalue weighted by molar-refractivity contribution is 5.92. The molecule has 0 radical (unpaired) electrons. The van der Waals surface area contributed by atoms with Gasteiger partial charge in [0, 0.05) is 18.3 Å². The number of likely N-dealkylation sites (N-methyl/N-ethyl adjacent to an activating group) is 1. The van der Waals surface area contributed by atoms with Crippen molar-refractivity contribution in [1.29, 1.82) is 0 Å². The Morgan fingerprint density at radius 3 is 2.56 bits per heavy atom. The number of anilines is 1. The summed E-state index contributed by atoms with van der Waals surface area (Å²) in [5.74, 6) is -1.50. The van der Waals surface area contributed by atoms with Gasteiger partial charge in [0.1, 0.15) is 12.4 Å². The first-order chi connectivity index (χ1) is 12.0. The number of nitrogens with zero attached hydrogens (tertiary/aromatic N) is 1. The smallest absolute Gasteiger partial charge is 0.238 e. The van der Waals surface area contributed by atoms with Crippen LogP contribution in [0.3, 0.4) is 0 Å². The van der Waals surface area contributed by atoms with E-state index in [1.165, 1.54) is 6.07 Å². The Hall–Kier alpha value is -2.73. The molecule has 0 aliphatic rings. The average Bonchev–Trinajstić information content (AvgIpc) is 2.57. The van der Waals surface area contributed by atoms with E-state index in [9.17, 15) is 13.6 Å². The second-order valence-corrected chi connectivity index (χ2v) is 5.59. The van der Waals surface area contributed by atoms with Crippen LogP contribution in [0.1, 0.15) is 5.56 Å². The van der Waals surface area contributed by atoms with E-state index in [0.29, 0.717) is 13.2 Å². The predicted octanol–water partition coefficient (Wildman–Crippen LogP) is 3.60. The van der Waals surface area contributed by atoms with Gasteiger partial charge in [0.05, 0.1) is 6.54 Å². The van der Waals surface area contributed by atoms with E-state index in [4.69, 9.17) is 4.74 Å². The molecule has 0 heterocycles. The number of amides is 1. The second-order valence-electron chi connectivity index (χ2n) is 5.59. The van der Waals surface area contributed by atoms with Crippen LogP contribution in [0.2, 0.25) is 0 Å². The third-order valence-corrected chi connectivity index (χ3v) is 3.36. The summed E-state index contributed by atoms with van der Waals surface area (Å²) in [5.41, 5.74) is 1.25. The van der Waals surface area contributed by atoms with E-state index < -0.39 is 11.6 Å². The molecule has 1 N–H and O–H groups in total. The summed E-state index contributed by atoms with van der Waals surface area (Å²) in [6.07, 6.45) is 1.67.